The third-order valence-electron chi connectivity index (χ3n) is 2.39. The van der Waals surface area contributed by atoms with E-state index in [0.29, 0.717) is 5.69 Å². The maximum atomic E-state index is 13.3. The molecule has 1 aromatic carbocycles. The van der Waals surface area contributed by atoms with Crippen LogP contribution >= 0.6 is 12.4 Å². The van der Waals surface area contributed by atoms with Crippen LogP contribution < -0.4 is 10.2 Å². The summed E-state index contributed by atoms with van der Waals surface area (Å²) in [6.07, 6.45) is 0. The highest BCUT2D eigenvalue weighted by atomic mass is 35.5. The highest BCUT2D eigenvalue weighted by molar-refractivity contribution is 5.85. The Morgan fingerprint density at radius 3 is 2.47 bits per heavy atom. The molecule has 1 N–H and O–H groups in total. The molecule has 5 heteroatoms. The van der Waals surface area contributed by atoms with Gasteiger partial charge in [-0.05, 0) is 12.1 Å². The summed E-state index contributed by atoms with van der Waals surface area (Å²) >= 11 is 0. The van der Waals surface area contributed by atoms with Gasteiger partial charge in [0, 0.05) is 26.2 Å². The molecule has 0 radical (unpaired) electrons. The molecular formula is C10H13ClF2N2. The van der Waals surface area contributed by atoms with Gasteiger partial charge in [0.05, 0.1) is 5.69 Å². The lowest BCUT2D eigenvalue weighted by atomic mass is 10.2. The molecule has 0 atom stereocenters. The highest BCUT2D eigenvalue weighted by Gasteiger charge is 2.16. The van der Waals surface area contributed by atoms with Gasteiger partial charge in [-0.1, -0.05) is 6.07 Å². The van der Waals surface area contributed by atoms with Crippen molar-refractivity contribution >= 4 is 18.1 Å². The maximum absolute atomic E-state index is 13.3. The Morgan fingerprint density at radius 2 is 1.80 bits per heavy atom. The molecule has 2 rings (SSSR count). The Morgan fingerprint density at radius 1 is 1.13 bits per heavy atom. The fourth-order valence-corrected chi connectivity index (χ4v) is 1.64. The Labute approximate surface area is 93.7 Å². The van der Waals surface area contributed by atoms with Gasteiger partial charge in [0.25, 0.3) is 0 Å². The van der Waals surface area contributed by atoms with Crippen molar-refractivity contribution in [2.24, 2.45) is 0 Å². The molecule has 2 nitrogen and oxygen atoms in total. The summed E-state index contributed by atoms with van der Waals surface area (Å²) in [5.41, 5.74) is 0.367. The van der Waals surface area contributed by atoms with Crippen LogP contribution in [0.4, 0.5) is 14.5 Å². The summed E-state index contributed by atoms with van der Waals surface area (Å²) in [4.78, 5) is 1.86. The molecule has 1 aromatic rings. The van der Waals surface area contributed by atoms with Crippen molar-refractivity contribution in [3.63, 3.8) is 0 Å². The smallest absolute Gasteiger partial charge is 0.182 e. The Hall–Kier alpha value is -0.870. The van der Waals surface area contributed by atoms with Gasteiger partial charge in [0.2, 0.25) is 0 Å². The lowest BCUT2D eigenvalue weighted by Gasteiger charge is -2.29. The zero-order valence-corrected chi connectivity index (χ0v) is 8.99. The van der Waals surface area contributed by atoms with Crippen LogP contribution in [0.2, 0.25) is 0 Å². The van der Waals surface area contributed by atoms with E-state index in [1.807, 2.05) is 4.90 Å². The quantitative estimate of drug-likeness (QED) is 0.797. The molecule has 0 amide bonds. The molecule has 84 valence electrons. The first-order valence-corrected chi connectivity index (χ1v) is 4.69. The molecule has 1 aliphatic heterocycles. The minimum Gasteiger partial charge on any atom is -0.367 e. The van der Waals surface area contributed by atoms with Crippen LogP contribution in [0.1, 0.15) is 0 Å². The number of piperazine rings is 1. The van der Waals surface area contributed by atoms with E-state index in [-0.39, 0.29) is 12.4 Å². The molecule has 1 heterocycles. The van der Waals surface area contributed by atoms with Gasteiger partial charge in [-0.15, -0.1) is 12.4 Å². The summed E-state index contributed by atoms with van der Waals surface area (Å²) in [6.45, 7) is 3.08. The average Bonchev–Trinajstić information content (AvgIpc) is 2.23. The predicted octanol–water partition coefficient (Wildman–Crippen LogP) is 1.80. The minimum absolute atomic E-state index is 0. The lowest BCUT2D eigenvalue weighted by Crippen LogP contribution is -2.43. The van der Waals surface area contributed by atoms with Crippen molar-refractivity contribution in [1.29, 1.82) is 0 Å². The van der Waals surface area contributed by atoms with E-state index >= 15 is 0 Å². The number of rotatable bonds is 1. The predicted molar refractivity (Wildman–Crippen MR) is 58.7 cm³/mol. The van der Waals surface area contributed by atoms with Crippen molar-refractivity contribution in [2.75, 3.05) is 31.1 Å². The standard InChI is InChI=1S/C10H12F2N2.ClH/c11-8-2-1-3-9(10(8)12)14-6-4-13-5-7-14;/h1-3,13H,4-7H2;1H. The molecule has 0 unspecified atom stereocenters. The zero-order valence-electron chi connectivity index (χ0n) is 8.17. The van der Waals surface area contributed by atoms with Gasteiger partial charge in [-0.2, -0.15) is 0 Å². The van der Waals surface area contributed by atoms with Crippen LogP contribution in [-0.4, -0.2) is 26.2 Å². The number of nitrogens with zero attached hydrogens (tertiary/aromatic N) is 1. The van der Waals surface area contributed by atoms with Crippen molar-refractivity contribution in [3.8, 4) is 0 Å². The van der Waals surface area contributed by atoms with Crippen molar-refractivity contribution < 1.29 is 8.78 Å². The first kappa shape index (κ1) is 12.2. The van der Waals surface area contributed by atoms with E-state index in [1.54, 1.807) is 6.07 Å². The molecule has 0 bridgehead atoms. The summed E-state index contributed by atoms with van der Waals surface area (Å²) in [7, 11) is 0. The van der Waals surface area contributed by atoms with E-state index in [9.17, 15) is 8.78 Å². The lowest BCUT2D eigenvalue weighted by molar-refractivity contribution is 0.499. The summed E-state index contributed by atoms with van der Waals surface area (Å²) in [5.74, 6) is -1.52. The number of nitrogens with one attached hydrogen (secondary N) is 1. The van der Waals surface area contributed by atoms with Crippen molar-refractivity contribution in [1.82, 2.24) is 5.32 Å². The first-order chi connectivity index (χ1) is 6.79. The molecule has 0 aromatic heterocycles. The van der Waals surface area contributed by atoms with Gasteiger partial charge in [-0.25, -0.2) is 8.78 Å². The molecule has 0 spiro atoms. The number of benzene rings is 1. The second kappa shape index (κ2) is 5.28. The van der Waals surface area contributed by atoms with Gasteiger partial charge in [0.1, 0.15) is 0 Å². The maximum Gasteiger partial charge on any atom is 0.182 e. The van der Waals surface area contributed by atoms with Crippen LogP contribution in [0.3, 0.4) is 0 Å². The third-order valence-corrected chi connectivity index (χ3v) is 2.39. The zero-order chi connectivity index (χ0) is 9.97. The first-order valence-electron chi connectivity index (χ1n) is 4.69. The molecule has 1 aliphatic rings. The average molecular weight is 235 g/mol. The third kappa shape index (κ3) is 2.58. The van der Waals surface area contributed by atoms with E-state index in [2.05, 4.69) is 5.32 Å². The van der Waals surface area contributed by atoms with E-state index in [0.717, 1.165) is 32.2 Å². The van der Waals surface area contributed by atoms with Gasteiger partial charge in [0.15, 0.2) is 11.6 Å². The Balaban J connectivity index is 0.00000112. The van der Waals surface area contributed by atoms with Crippen LogP contribution in [0.25, 0.3) is 0 Å². The minimum atomic E-state index is -0.777. The second-order valence-electron chi connectivity index (χ2n) is 3.31. The van der Waals surface area contributed by atoms with Crippen molar-refractivity contribution in [3.05, 3.63) is 29.8 Å². The molecule has 15 heavy (non-hydrogen) atoms. The fraction of sp³-hybridized carbons (Fsp3) is 0.400. The Kier molecular flexibility index (Phi) is 4.29. The molecular weight excluding hydrogens is 222 g/mol. The fourth-order valence-electron chi connectivity index (χ4n) is 1.64. The van der Waals surface area contributed by atoms with Crippen LogP contribution in [-0.2, 0) is 0 Å². The van der Waals surface area contributed by atoms with E-state index < -0.39 is 11.6 Å². The number of halogens is 3. The number of hydrogen-bond donors (Lipinski definition) is 1. The summed E-state index contributed by atoms with van der Waals surface area (Å²) in [5, 5.41) is 3.16. The molecule has 1 fully saturated rings. The second-order valence-corrected chi connectivity index (χ2v) is 3.31. The van der Waals surface area contributed by atoms with Crippen LogP contribution in [0.15, 0.2) is 18.2 Å². The summed E-state index contributed by atoms with van der Waals surface area (Å²) < 4.78 is 26.3. The molecule has 0 aliphatic carbocycles. The molecule has 0 saturated carbocycles. The number of hydrogen-bond acceptors (Lipinski definition) is 2. The number of anilines is 1. The molecule has 1 saturated heterocycles. The normalized spacial score (nSPS) is 16.0. The van der Waals surface area contributed by atoms with Gasteiger partial charge in [-0.3, -0.25) is 0 Å². The van der Waals surface area contributed by atoms with Crippen LogP contribution in [0.5, 0.6) is 0 Å². The Bertz CT molecular complexity index is 327. The van der Waals surface area contributed by atoms with Crippen LogP contribution in [0, 0.1) is 11.6 Å². The largest absolute Gasteiger partial charge is 0.367 e. The monoisotopic (exact) mass is 234 g/mol. The van der Waals surface area contributed by atoms with Crippen molar-refractivity contribution in [2.45, 2.75) is 0 Å². The summed E-state index contributed by atoms with van der Waals surface area (Å²) in [6, 6.07) is 4.29. The SMILES string of the molecule is Cl.Fc1cccc(N2CCNCC2)c1F. The van der Waals surface area contributed by atoms with Gasteiger partial charge < -0.3 is 10.2 Å². The van der Waals surface area contributed by atoms with Gasteiger partial charge >= 0.3 is 0 Å². The topological polar surface area (TPSA) is 15.3 Å². The van der Waals surface area contributed by atoms with E-state index in [1.165, 1.54) is 6.07 Å². The van der Waals surface area contributed by atoms with E-state index in [4.69, 9.17) is 0 Å². The highest BCUT2D eigenvalue weighted by Crippen LogP contribution is 2.21.